The molecule has 31 heavy (non-hydrogen) atoms. The van der Waals surface area contributed by atoms with E-state index in [1.807, 2.05) is 24.3 Å². The first-order valence-electron chi connectivity index (χ1n) is 10.6. The lowest BCUT2D eigenvalue weighted by molar-refractivity contribution is 0.383. The third-order valence-corrected chi connectivity index (χ3v) is 7.90. The third kappa shape index (κ3) is 4.48. The monoisotopic (exact) mass is 436 g/mol. The van der Waals surface area contributed by atoms with E-state index in [0.29, 0.717) is 31.1 Å². The maximum Gasteiger partial charge on any atom is 0.243 e. The molecule has 0 saturated carbocycles. The molecule has 162 valence electrons. The van der Waals surface area contributed by atoms with E-state index in [-0.39, 0.29) is 0 Å². The molecule has 2 heterocycles. The molecule has 0 bridgehead atoms. The quantitative estimate of drug-likeness (QED) is 0.608. The number of hydrogen-bond acceptors (Lipinski definition) is 5. The number of nitrogens with zero attached hydrogens (tertiary/aromatic N) is 4. The van der Waals surface area contributed by atoms with Gasteiger partial charge in [0.05, 0.1) is 10.6 Å². The average molecular weight is 437 g/mol. The van der Waals surface area contributed by atoms with Gasteiger partial charge in [0.2, 0.25) is 10.0 Å². The van der Waals surface area contributed by atoms with Crippen LogP contribution < -0.4 is 4.90 Å². The number of rotatable bonds is 5. The molecule has 7 heteroatoms. The summed E-state index contributed by atoms with van der Waals surface area (Å²) in [5, 5.41) is 8.81. The van der Waals surface area contributed by atoms with Crippen molar-refractivity contribution in [3.63, 3.8) is 0 Å². The zero-order valence-corrected chi connectivity index (χ0v) is 19.1. The SMILES string of the molecule is CCc1ccc(S(=O)(=O)N2CCN(c3ccc(-c4ccc(C)c(C)c4)nn3)CC2)cc1. The zero-order chi connectivity index (χ0) is 22.0. The molecule has 0 unspecified atom stereocenters. The van der Waals surface area contributed by atoms with Crippen molar-refractivity contribution >= 4 is 15.8 Å². The predicted octanol–water partition coefficient (Wildman–Crippen LogP) is 3.83. The van der Waals surface area contributed by atoms with Gasteiger partial charge in [-0.25, -0.2) is 8.42 Å². The van der Waals surface area contributed by atoms with E-state index in [1.54, 1.807) is 16.4 Å². The summed E-state index contributed by atoms with van der Waals surface area (Å²) in [6.07, 6.45) is 0.891. The Morgan fingerprint density at radius 3 is 2.13 bits per heavy atom. The summed E-state index contributed by atoms with van der Waals surface area (Å²) in [5.74, 6) is 0.775. The first kappa shape index (κ1) is 21.5. The number of anilines is 1. The average Bonchev–Trinajstić information content (AvgIpc) is 2.81. The van der Waals surface area contributed by atoms with Crippen LogP contribution in [0.1, 0.15) is 23.6 Å². The number of aryl methyl sites for hydroxylation is 3. The van der Waals surface area contributed by atoms with Gasteiger partial charge in [-0.1, -0.05) is 31.2 Å². The Bertz CT molecular complexity index is 1150. The molecular formula is C24H28N4O2S. The Hall–Kier alpha value is -2.77. The van der Waals surface area contributed by atoms with E-state index in [4.69, 9.17) is 0 Å². The summed E-state index contributed by atoms with van der Waals surface area (Å²) < 4.78 is 27.5. The summed E-state index contributed by atoms with van der Waals surface area (Å²) in [6, 6.07) is 17.4. The van der Waals surface area contributed by atoms with E-state index in [0.717, 1.165) is 29.1 Å². The number of hydrogen-bond donors (Lipinski definition) is 0. The summed E-state index contributed by atoms with van der Waals surface area (Å²) in [4.78, 5) is 2.44. The second kappa shape index (κ2) is 8.77. The Morgan fingerprint density at radius 1 is 0.839 bits per heavy atom. The molecule has 2 aromatic carbocycles. The van der Waals surface area contributed by atoms with Crippen LogP contribution in [0.15, 0.2) is 59.5 Å². The maximum absolute atomic E-state index is 13.0. The number of benzene rings is 2. The van der Waals surface area contributed by atoms with Crippen LogP contribution in [0.3, 0.4) is 0 Å². The normalized spacial score (nSPS) is 15.3. The fourth-order valence-electron chi connectivity index (χ4n) is 3.75. The van der Waals surface area contributed by atoms with E-state index < -0.39 is 10.0 Å². The van der Waals surface area contributed by atoms with Crippen LogP contribution in [-0.2, 0) is 16.4 Å². The first-order valence-corrected chi connectivity index (χ1v) is 12.1. The van der Waals surface area contributed by atoms with Crippen LogP contribution in [0, 0.1) is 13.8 Å². The lowest BCUT2D eigenvalue weighted by Crippen LogP contribution is -2.49. The molecule has 1 aliphatic rings. The summed E-state index contributed by atoms with van der Waals surface area (Å²) in [7, 11) is -3.47. The molecule has 1 saturated heterocycles. The predicted molar refractivity (Wildman–Crippen MR) is 124 cm³/mol. The Kier molecular flexibility index (Phi) is 6.07. The Morgan fingerprint density at radius 2 is 1.55 bits per heavy atom. The lowest BCUT2D eigenvalue weighted by Gasteiger charge is -2.34. The highest BCUT2D eigenvalue weighted by Gasteiger charge is 2.29. The highest BCUT2D eigenvalue weighted by atomic mass is 32.2. The molecule has 3 aromatic rings. The second-order valence-electron chi connectivity index (χ2n) is 7.96. The third-order valence-electron chi connectivity index (χ3n) is 5.99. The highest BCUT2D eigenvalue weighted by Crippen LogP contribution is 2.23. The van der Waals surface area contributed by atoms with Crippen LogP contribution in [-0.4, -0.2) is 49.1 Å². The molecular weight excluding hydrogens is 408 g/mol. The van der Waals surface area contributed by atoms with Crippen molar-refractivity contribution in [3.05, 3.63) is 71.3 Å². The largest absolute Gasteiger partial charge is 0.352 e. The first-order chi connectivity index (χ1) is 14.9. The van der Waals surface area contributed by atoms with Gasteiger partial charge in [0.1, 0.15) is 0 Å². The smallest absolute Gasteiger partial charge is 0.243 e. The summed E-state index contributed by atoms with van der Waals surface area (Å²) in [6.45, 7) is 8.27. The topological polar surface area (TPSA) is 66.4 Å². The van der Waals surface area contributed by atoms with Crippen molar-refractivity contribution in [3.8, 4) is 11.3 Å². The standard InChI is InChI=1S/C24H28N4O2S/c1-4-20-6-9-22(10-7-20)31(29,30)28-15-13-27(14-16-28)24-12-11-23(25-26-24)21-8-5-18(2)19(3)17-21/h5-12,17H,4,13-16H2,1-3H3. The number of aromatic nitrogens is 2. The van der Waals surface area contributed by atoms with Crippen LogP contribution in [0.25, 0.3) is 11.3 Å². The molecule has 6 nitrogen and oxygen atoms in total. The maximum atomic E-state index is 13.0. The van der Waals surface area contributed by atoms with Gasteiger partial charge in [0, 0.05) is 31.7 Å². The molecule has 1 aromatic heterocycles. The highest BCUT2D eigenvalue weighted by molar-refractivity contribution is 7.89. The molecule has 0 amide bonds. The van der Waals surface area contributed by atoms with E-state index in [2.05, 4.69) is 54.1 Å². The molecule has 0 spiro atoms. The molecule has 0 atom stereocenters. The van der Waals surface area contributed by atoms with Gasteiger partial charge in [-0.2, -0.15) is 4.31 Å². The fourth-order valence-corrected chi connectivity index (χ4v) is 5.17. The zero-order valence-electron chi connectivity index (χ0n) is 18.2. The molecule has 0 aliphatic carbocycles. The molecule has 1 fully saturated rings. The van der Waals surface area contributed by atoms with E-state index >= 15 is 0 Å². The van der Waals surface area contributed by atoms with Gasteiger partial charge < -0.3 is 4.90 Å². The van der Waals surface area contributed by atoms with Crippen molar-refractivity contribution < 1.29 is 8.42 Å². The number of piperazine rings is 1. The van der Waals surface area contributed by atoms with Gasteiger partial charge >= 0.3 is 0 Å². The van der Waals surface area contributed by atoms with Crippen molar-refractivity contribution in [2.45, 2.75) is 32.1 Å². The molecule has 1 aliphatic heterocycles. The van der Waals surface area contributed by atoms with Gasteiger partial charge in [0.25, 0.3) is 0 Å². The van der Waals surface area contributed by atoms with Gasteiger partial charge in [-0.3, -0.25) is 0 Å². The van der Waals surface area contributed by atoms with Crippen LogP contribution >= 0.6 is 0 Å². The van der Waals surface area contributed by atoms with E-state index in [9.17, 15) is 8.42 Å². The molecule has 4 rings (SSSR count). The van der Waals surface area contributed by atoms with E-state index in [1.165, 1.54) is 11.1 Å². The lowest BCUT2D eigenvalue weighted by atomic mass is 10.0. The number of sulfonamides is 1. The van der Waals surface area contributed by atoms with Crippen LogP contribution in [0.5, 0.6) is 0 Å². The van der Waals surface area contributed by atoms with Crippen molar-refractivity contribution in [2.75, 3.05) is 31.1 Å². The van der Waals surface area contributed by atoms with Crippen LogP contribution in [0.4, 0.5) is 5.82 Å². The fraction of sp³-hybridized carbons (Fsp3) is 0.333. The summed E-state index contributed by atoms with van der Waals surface area (Å²) in [5.41, 5.74) is 5.50. The summed E-state index contributed by atoms with van der Waals surface area (Å²) >= 11 is 0. The van der Waals surface area contributed by atoms with Gasteiger partial charge in [-0.15, -0.1) is 10.2 Å². The molecule has 0 N–H and O–H groups in total. The minimum atomic E-state index is -3.47. The van der Waals surface area contributed by atoms with Crippen molar-refractivity contribution in [1.29, 1.82) is 0 Å². The Balaban J connectivity index is 1.42. The molecule has 0 radical (unpaired) electrons. The van der Waals surface area contributed by atoms with Crippen molar-refractivity contribution in [1.82, 2.24) is 14.5 Å². The minimum Gasteiger partial charge on any atom is -0.352 e. The van der Waals surface area contributed by atoms with Crippen LogP contribution in [0.2, 0.25) is 0 Å². The second-order valence-corrected chi connectivity index (χ2v) is 9.90. The van der Waals surface area contributed by atoms with Gasteiger partial charge in [-0.05, 0) is 67.3 Å². The van der Waals surface area contributed by atoms with Gasteiger partial charge in [0.15, 0.2) is 5.82 Å². The minimum absolute atomic E-state index is 0.357. The Labute approximate surface area is 184 Å². The van der Waals surface area contributed by atoms with Crippen molar-refractivity contribution in [2.24, 2.45) is 0 Å².